The van der Waals surface area contributed by atoms with Crippen LogP contribution in [-0.4, -0.2) is 37.8 Å². The molecule has 0 saturated heterocycles. The van der Waals surface area contributed by atoms with Crippen molar-refractivity contribution >= 4 is 28.8 Å². The second-order valence-corrected chi connectivity index (χ2v) is 7.83. The Kier molecular flexibility index (Phi) is 5.40. The van der Waals surface area contributed by atoms with Gasteiger partial charge in [0, 0.05) is 25.8 Å². The van der Waals surface area contributed by atoms with Crippen LogP contribution in [-0.2, 0) is 29.7 Å². The van der Waals surface area contributed by atoms with Gasteiger partial charge in [-0.1, -0.05) is 18.2 Å². The number of carbonyl (C=O) groups is 1. The first kappa shape index (κ1) is 21.5. The lowest BCUT2D eigenvalue weighted by Crippen LogP contribution is -2.41. The van der Waals surface area contributed by atoms with Crippen LogP contribution in [0, 0.1) is 0 Å². The number of aromatic nitrogens is 4. The van der Waals surface area contributed by atoms with Gasteiger partial charge in [0.25, 0.3) is 5.56 Å². The molecular weight excluding hydrogens is 438 g/mol. The van der Waals surface area contributed by atoms with Crippen LogP contribution in [0.4, 0.5) is 11.6 Å². The summed E-state index contributed by atoms with van der Waals surface area (Å²) in [6.45, 7) is 2.52. The first-order valence-corrected chi connectivity index (χ1v) is 10.9. The van der Waals surface area contributed by atoms with Crippen molar-refractivity contribution in [1.29, 1.82) is 0 Å². The number of ether oxygens (including phenoxy) is 2. The number of esters is 1. The van der Waals surface area contributed by atoms with Crippen molar-refractivity contribution in [2.24, 2.45) is 7.05 Å². The van der Waals surface area contributed by atoms with Gasteiger partial charge in [-0.05, 0) is 43.3 Å². The molecule has 2 aromatic heterocycles. The summed E-state index contributed by atoms with van der Waals surface area (Å²) in [7, 11) is 1.54. The van der Waals surface area contributed by atoms with E-state index < -0.39 is 23.8 Å². The molecule has 174 valence electrons. The van der Waals surface area contributed by atoms with Crippen molar-refractivity contribution in [1.82, 2.24) is 18.7 Å². The maximum Gasteiger partial charge on any atom is 0.333 e. The fraction of sp³-hybridized carbons (Fsp3) is 0.250. The Labute approximate surface area is 194 Å². The van der Waals surface area contributed by atoms with E-state index in [2.05, 4.69) is 4.98 Å². The van der Waals surface area contributed by atoms with Crippen molar-refractivity contribution < 1.29 is 14.3 Å². The lowest BCUT2D eigenvalue weighted by molar-refractivity contribution is -0.143. The number of rotatable bonds is 6. The van der Waals surface area contributed by atoms with E-state index in [1.165, 1.54) is 11.6 Å². The van der Waals surface area contributed by atoms with Crippen molar-refractivity contribution in [3.8, 4) is 11.5 Å². The molecule has 4 aromatic rings. The second-order valence-electron chi connectivity index (χ2n) is 7.83. The van der Waals surface area contributed by atoms with E-state index >= 15 is 0 Å². The molecule has 10 nitrogen and oxygen atoms in total. The largest absolute Gasteiger partial charge is 0.465 e. The summed E-state index contributed by atoms with van der Waals surface area (Å²) in [5, 5.41) is 0. The van der Waals surface area contributed by atoms with E-state index in [-0.39, 0.29) is 17.8 Å². The van der Waals surface area contributed by atoms with Crippen LogP contribution in [0.2, 0.25) is 0 Å². The van der Waals surface area contributed by atoms with Gasteiger partial charge in [0.15, 0.2) is 11.2 Å². The van der Waals surface area contributed by atoms with Gasteiger partial charge in [-0.3, -0.25) is 14.2 Å². The molecule has 1 aliphatic heterocycles. The summed E-state index contributed by atoms with van der Waals surface area (Å²) in [5.74, 6) is 1.37. The standard InChI is InChI=1S/C24H23N5O5/c1-3-33-19(30)15-29-22(31)20-21(26(2)24(29)32)25-23-27(13-14-28(20)23)16-9-11-18(12-10-16)34-17-7-5-4-6-8-17/h4-12H,3,13-15H2,1-2H3. The summed E-state index contributed by atoms with van der Waals surface area (Å²) in [6.07, 6.45) is 0. The number of hydrogen-bond donors (Lipinski definition) is 0. The fourth-order valence-corrected chi connectivity index (χ4v) is 4.12. The van der Waals surface area contributed by atoms with Crippen LogP contribution in [0.15, 0.2) is 64.2 Å². The van der Waals surface area contributed by atoms with Crippen LogP contribution in [0.5, 0.6) is 11.5 Å². The minimum Gasteiger partial charge on any atom is -0.465 e. The molecule has 0 unspecified atom stereocenters. The summed E-state index contributed by atoms with van der Waals surface area (Å²) < 4.78 is 14.7. The maximum absolute atomic E-state index is 13.2. The number of aryl methyl sites for hydroxylation is 1. The topological polar surface area (TPSA) is 101 Å². The molecule has 0 spiro atoms. The molecule has 2 aromatic carbocycles. The Hall–Kier alpha value is -4.34. The number of nitrogens with zero attached hydrogens (tertiary/aromatic N) is 5. The van der Waals surface area contributed by atoms with Crippen molar-refractivity contribution in [3.63, 3.8) is 0 Å². The van der Waals surface area contributed by atoms with E-state index in [1.807, 2.05) is 59.5 Å². The SMILES string of the molecule is CCOC(=O)Cn1c(=O)c2c(nc3n2CCN3c2ccc(Oc3ccccc3)cc2)n(C)c1=O. The van der Waals surface area contributed by atoms with Gasteiger partial charge in [-0.2, -0.15) is 4.98 Å². The van der Waals surface area contributed by atoms with Gasteiger partial charge in [-0.25, -0.2) is 9.36 Å². The van der Waals surface area contributed by atoms with Crippen LogP contribution in [0.25, 0.3) is 11.2 Å². The average molecular weight is 461 g/mol. The van der Waals surface area contributed by atoms with Gasteiger partial charge < -0.3 is 18.9 Å². The lowest BCUT2D eigenvalue weighted by Gasteiger charge is -2.16. The summed E-state index contributed by atoms with van der Waals surface area (Å²) in [6, 6.07) is 17.1. The zero-order valence-electron chi connectivity index (χ0n) is 18.8. The van der Waals surface area contributed by atoms with Crippen LogP contribution >= 0.6 is 0 Å². The van der Waals surface area contributed by atoms with E-state index in [9.17, 15) is 14.4 Å². The van der Waals surface area contributed by atoms with E-state index in [4.69, 9.17) is 9.47 Å². The monoisotopic (exact) mass is 461 g/mol. The molecule has 1 aliphatic rings. The van der Waals surface area contributed by atoms with Gasteiger partial charge in [0.05, 0.1) is 6.61 Å². The quantitative estimate of drug-likeness (QED) is 0.407. The highest BCUT2D eigenvalue weighted by molar-refractivity contribution is 5.78. The molecule has 0 amide bonds. The Morgan fingerprint density at radius 1 is 1.00 bits per heavy atom. The second kappa shape index (κ2) is 8.54. The van der Waals surface area contributed by atoms with Crippen molar-refractivity contribution in [3.05, 3.63) is 75.4 Å². The molecular formula is C24H23N5O5. The molecule has 10 heteroatoms. The van der Waals surface area contributed by atoms with E-state index in [0.29, 0.717) is 24.8 Å². The summed E-state index contributed by atoms with van der Waals surface area (Å²) >= 11 is 0. The number of imidazole rings is 1. The van der Waals surface area contributed by atoms with E-state index in [0.717, 1.165) is 16.0 Å². The highest BCUT2D eigenvalue weighted by atomic mass is 16.5. The molecule has 34 heavy (non-hydrogen) atoms. The number of hydrogen-bond acceptors (Lipinski definition) is 7. The number of para-hydroxylation sites is 1. The molecule has 0 fully saturated rings. The molecule has 0 atom stereocenters. The average Bonchev–Trinajstić information content (AvgIpc) is 3.42. The molecule has 0 saturated carbocycles. The Morgan fingerprint density at radius 3 is 2.41 bits per heavy atom. The van der Waals surface area contributed by atoms with Crippen molar-refractivity contribution in [2.45, 2.75) is 20.0 Å². The Morgan fingerprint density at radius 2 is 1.71 bits per heavy atom. The van der Waals surface area contributed by atoms with Gasteiger partial charge in [0.1, 0.15) is 18.0 Å². The smallest absolute Gasteiger partial charge is 0.333 e. The van der Waals surface area contributed by atoms with Crippen LogP contribution < -0.4 is 20.9 Å². The lowest BCUT2D eigenvalue weighted by atomic mass is 10.2. The number of anilines is 2. The van der Waals surface area contributed by atoms with Gasteiger partial charge >= 0.3 is 11.7 Å². The Balaban J connectivity index is 1.50. The zero-order chi connectivity index (χ0) is 23.8. The third kappa shape index (κ3) is 3.62. The zero-order valence-corrected chi connectivity index (χ0v) is 18.8. The predicted molar refractivity (Wildman–Crippen MR) is 126 cm³/mol. The Bertz CT molecular complexity index is 1480. The summed E-state index contributed by atoms with van der Waals surface area (Å²) in [5.41, 5.74) is 0.271. The summed E-state index contributed by atoms with van der Waals surface area (Å²) in [4.78, 5) is 44.5. The first-order valence-electron chi connectivity index (χ1n) is 10.9. The van der Waals surface area contributed by atoms with Gasteiger partial charge in [-0.15, -0.1) is 0 Å². The molecule has 0 N–H and O–H groups in total. The van der Waals surface area contributed by atoms with Crippen LogP contribution in [0.3, 0.4) is 0 Å². The first-order chi connectivity index (χ1) is 16.5. The van der Waals surface area contributed by atoms with Gasteiger partial charge in [0.2, 0.25) is 5.95 Å². The number of benzene rings is 2. The minimum absolute atomic E-state index is 0.169. The predicted octanol–water partition coefficient (Wildman–Crippen LogP) is 2.40. The highest BCUT2D eigenvalue weighted by Crippen LogP contribution is 2.33. The van der Waals surface area contributed by atoms with Crippen LogP contribution in [0.1, 0.15) is 6.92 Å². The molecule has 0 bridgehead atoms. The molecule has 0 aliphatic carbocycles. The third-order valence-corrected chi connectivity index (χ3v) is 5.72. The fourth-order valence-electron chi connectivity index (χ4n) is 4.12. The van der Waals surface area contributed by atoms with Crippen molar-refractivity contribution in [2.75, 3.05) is 18.1 Å². The molecule has 0 radical (unpaired) electrons. The third-order valence-electron chi connectivity index (χ3n) is 5.72. The maximum atomic E-state index is 13.2. The minimum atomic E-state index is -0.637. The normalized spacial score (nSPS) is 12.7. The molecule has 3 heterocycles. The number of carbonyl (C=O) groups excluding carboxylic acids is 1. The number of fused-ring (bicyclic) bond motifs is 3. The molecule has 5 rings (SSSR count). The van der Waals surface area contributed by atoms with E-state index in [1.54, 1.807) is 11.5 Å². The highest BCUT2D eigenvalue weighted by Gasteiger charge is 2.29.